The molecule has 0 spiro atoms. The second-order valence-corrected chi connectivity index (χ2v) is 6.31. The summed E-state index contributed by atoms with van der Waals surface area (Å²) in [4.78, 5) is 24.4. The summed E-state index contributed by atoms with van der Waals surface area (Å²) < 4.78 is 5.14. The number of aromatic nitrogens is 2. The van der Waals surface area contributed by atoms with E-state index in [0.29, 0.717) is 6.42 Å². The quantitative estimate of drug-likeness (QED) is 0.802. The molecular weight excluding hydrogens is 304 g/mol. The fourth-order valence-electron chi connectivity index (χ4n) is 3.12. The first-order valence-corrected chi connectivity index (χ1v) is 8.15. The summed E-state index contributed by atoms with van der Waals surface area (Å²) in [6.07, 6.45) is 7.46. The Bertz CT molecular complexity index is 845. The van der Waals surface area contributed by atoms with Crippen LogP contribution < -0.4 is 0 Å². The average molecular weight is 324 g/mol. The van der Waals surface area contributed by atoms with E-state index in [9.17, 15) is 4.79 Å². The third-order valence-corrected chi connectivity index (χ3v) is 4.67. The third-order valence-electron chi connectivity index (χ3n) is 4.67. The molecule has 4 heterocycles. The first-order chi connectivity index (χ1) is 11.7. The van der Waals surface area contributed by atoms with Crippen LogP contribution in [0.15, 0.2) is 41.5 Å². The lowest BCUT2D eigenvalue weighted by Gasteiger charge is -2.32. The summed E-state index contributed by atoms with van der Waals surface area (Å²) >= 11 is 0. The van der Waals surface area contributed by atoms with Crippen LogP contribution in [0.3, 0.4) is 0 Å². The molecule has 24 heavy (non-hydrogen) atoms. The molecule has 1 fully saturated rings. The number of carbonyl (C=O) groups excluding carboxylic acids is 1. The maximum atomic E-state index is 12.6. The predicted octanol–water partition coefficient (Wildman–Crippen LogP) is 2.14. The number of amides is 1. The van der Waals surface area contributed by atoms with Crippen LogP contribution in [0.2, 0.25) is 0 Å². The molecule has 0 saturated carbocycles. The van der Waals surface area contributed by atoms with E-state index >= 15 is 0 Å². The molecule has 0 bridgehead atoms. The van der Waals surface area contributed by atoms with Crippen molar-refractivity contribution in [1.82, 2.24) is 19.8 Å². The zero-order valence-electron chi connectivity index (χ0n) is 13.7. The number of nitrogens with zero attached hydrogens (tertiary/aromatic N) is 3. The summed E-state index contributed by atoms with van der Waals surface area (Å²) in [6.45, 7) is 3.48. The fourth-order valence-corrected chi connectivity index (χ4v) is 3.12. The molecule has 0 aromatic carbocycles. The molecule has 124 valence electrons. The van der Waals surface area contributed by atoms with Gasteiger partial charge < -0.3 is 19.2 Å². The van der Waals surface area contributed by atoms with Gasteiger partial charge in [0, 0.05) is 55.1 Å². The molecule has 0 unspecified atom stereocenters. The molecule has 3 aromatic heterocycles. The van der Waals surface area contributed by atoms with Crippen molar-refractivity contribution in [2.45, 2.75) is 6.42 Å². The van der Waals surface area contributed by atoms with Gasteiger partial charge in [-0.1, -0.05) is 0 Å². The largest absolute Gasteiger partial charge is 0.472 e. The van der Waals surface area contributed by atoms with Crippen molar-refractivity contribution in [3.8, 4) is 11.1 Å². The molecule has 0 radical (unpaired) electrons. The van der Waals surface area contributed by atoms with Crippen molar-refractivity contribution in [3.05, 3.63) is 42.6 Å². The molecule has 1 N–H and O–H groups in total. The fraction of sp³-hybridized carbons (Fsp3) is 0.333. The van der Waals surface area contributed by atoms with E-state index in [1.54, 1.807) is 12.5 Å². The normalized spacial score (nSPS) is 16.0. The van der Waals surface area contributed by atoms with Gasteiger partial charge in [-0.05, 0) is 24.7 Å². The maximum absolute atomic E-state index is 12.6. The van der Waals surface area contributed by atoms with Crippen LogP contribution in [0.25, 0.3) is 22.2 Å². The molecule has 6 heteroatoms. The van der Waals surface area contributed by atoms with Crippen LogP contribution in [0.5, 0.6) is 0 Å². The molecule has 1 aliphatic heterocycles. The van der Waals surface area contributed by atoms with Crippen molar-refractivity contribution >= 4 is 16.9 Å². The number of furan rings is 1. The Balaban J connectivity index is 1.58. The number of likely N-dealkylation sites (N-methyl/N-ethyl adjacent to an activating group) is 1. The van der Waals surface area contributed by atoms with Gasteiger partial charge in [-0.2, -0.15) is 0 Å². The number of rotatable bonds is 3. The number of piperazine rings is 1. The van der Waals surface area contributed by atoms with Crippen LogP contribution in [0.1, 0.15) is 5.56 Å². The third kappa shape index (κ3) is 2.80. The first kappa shape index (κ1) is 15.0. The monoisotopic (exact) mass is 324 g/mol. The van der Waals surface area contributed by atoms with Gasteiger partial charge >= 0.3 is 0 Å². The molecule has 1 aliphatic rings. The zero-order valence-corrected chi connectivity index (χ0v) is 13.7. The van der Waals surface area contributed by atoms with Crippen LogP contribution in [-0.4, -0.2) is 58.9 Å². The highest BCUT2D eigenvalue weighted by Gasteiger charge is 2.20. The van der Waals surface area contributed by atoms with E-state index in [-0.39, 0.29) is 5.91 Å². The molecule has 3 aromatic rings. The lowest BCUT2D eigenvalue weighted by Crippen LogP contribution is -2.47. The lowest BCUT2D eigenvalue weighted by molar-refractivity contribution is -0.132. The SMILES string of the molecule is CN1CCN(C(=O)Cc2c[nH]c3ncc(-c4ccoc4)cc23)CC1. The van der Waals surface area contributed by atoms with Crippen molar-refractivity contribution in [1.29, 1.82) is 0 Å². The Morgan fingerprint density at radius 2 is 2.12 bits per heavy atom. The smallest absolute Gasteiger partial charge is 0.227 e. The Labute approximate surface area is 140 Å². The number of aromatic amines is 1. The Morgan fingerprint density at radius 3 is 2.88 bits per heavy atom. The van der Waals surface area contributed by atoms with E-state index in [0.717, 1.165) is 53.9 Å². The number of fused-ring (bicyclic) bond motifs is 1. The highest BCUT2D eigenvalue weighted by molar-refractivity contribution is 5.89. The average Bonchev–Trinajstić information content (AvgIpc) is 3.25. The number of H-pyrrole nitrogens is 1. The number of hydrogen-bond acceptors (Lipinski definition) is 4. The summed E-state index contributed by atoms with van der Waals surface area (Å²) in [5.74, 6) is 0.178. The molecule has 4 rings (SSSR count). The Kier molecular flexibility index (Phi) is 3.82. The van der Waals surface area contributed by atoms with Crippen molar-refractivity contribution in [2.24, 2.45) is 0 Å². The van der Waals surface area contributed by atoms with E-state index in [1.807, 2.05) is 23.4 Å². The highest BCUT2D eigenvalue weighted by Crippen LogP contribution is 2.25. The number of hydrogen-bond donors (Lipinski definition) is 1. The molecule has 6 nitrogen and oxygen atoms in total. The van der Waals surface area contributed by atoms with Crippen LogP contribution >= 0.6 is 0 Å². The molecule has 1 amide bonds. The van der Waals surface area contributed by atoms with Gasteiger partial charge in [0.15, 0.2) is 0 Å². The maximum Gasteiger partial charge on any atom is 0.227 e. The minimum Gasteiger partial charge on any atom is -0.472 e. The molecule has 0 aliphatic carbocycles. The van der Waals surface area contributed by atoms with Crippen LogP contribution in [-0.2, 0) is 11.2 Å². The second kappa shape index (κ2) is 6.13. The van der Waals surface area contributed by atoms with E-state index in [2.05, 4.69) is 28.0 Å². The summed E-state index contributed by atoms with van der Waals surface area (Å²) in [7, 11) is 2.09. The minimum atomic E-state index is 0.178. The van der Waals surface area contributed by atoms with Crippen molar-refractivity contribution < 1.29 is 9.21 Å². The van der Waals surface area contributed by atoms with Crippen LogP contribution in [0, 0.1) is 0 Å². The van der Waals surface area contributed by atoms with Gasteiger partial charge in [0.2, 0.25) is 5.91 Å². The van der Waals surface area contributed by atoms with Gasteiger partial charge in [-0.25, -0.2) is 4.98 Å². The van der Waals surface area contributed by atoms with Gasteiger partial charge in [-0.3, -0.25) is 4.79 Å². The number of carbonyl (C=O) groups is 1. The van der Waals surface area contributed by atoms with E-state index in [4.69, 9.17) is 4.42 Å². The number of pyridine rings is 1. The Morgan fingerprint density at radius 1 is 1.29 bits per heavy atom. The predicted molar refractivity (Wildman–Crippen MR) is 91.6 cm³/mol. The summed E-state index contributed by atoms with van der Waals surface area (Å²) in [5.41, 5.74) is 3.78. The zero-order chi connectivity index (χ0) is 16.5. The molecule has 0 atom stereocenters. The summed E-state index contributed by atoms with van der Waals surface area (Å²) in [5, 5.41) is 0.996. The second-order valence-electron chi connectivity index (χ2n) is 6.31. The van der Waals surface area contributed by atoms with Crippen molar-refractivity contribution in [3.63, 3.8) is 0 Å². The Hall–Kier alpha value is -2.60. The standard InChI is InChI=1S/C18H20N4O2/c1-21-3-5-22(6-4-21)17(23)9-15-11-20-18-16(15)8-14(10-19-18)13-2-7-24-12-13/h2,7-8,10-12H,3-6,9H2,1H3,(H,19,20). The highest BCUT2D eigenvalue weighted by atomic mass is 16.3. The van der Waals surface area contributed by atoms with Gasteiger partial charge in [0.1, 0.15) is 5.65 Å². The lowest BCUT2D eigenvalue weighted by atomic mass is 10.1. The van der Waals surface area contributed by atoms with Gasteiger partial charge in [0.05, 0.1) is 18.9 Å². The molecule has 1 saturated heterocycles. The van der Waals surface area contributed by atoms with E-state index in [1.165, 1.54) is 0 Å². The summed E-state index contributed by atoms with van der Waals surface area (Å²) in [6, 6.07) is 3.97. The van der Waals surface area contributed by atoms with Gasteiger partial charge in [0.25, 0.3) is 0 Å². The van der Waals surface area contributed by atoms with Crippen molar-refractivity contribution in [2.75, 3.05) is 33.2 Å². The number of nitrogens with one attached hydrogen (secondary N) is 1. The minimum absolute atomic E-state index is 0.178. The van der Waals surface area contributed by atoms with Gasteiger partial charge in [-0.15, -0.1) is 0 Å². The van der Waals surface area contributed by atoms with Crippen LogP contribution in [0.4, 0.5) is 0 Å². The molecular formula is C18H20N4O2. The topological polar surface area (TPSA) is 65.4 Å². The first-order valence-electron chi connectivity index (χ1n) is 8.15. The van der Waals surface area contributed by atoms with E-state index < -0.39 is 0 Å².